The van der Waals surface area contributed by atoms with Crippen LogP contribution in [0.4, 0.5) is 26.5 Å². The number of hydrogen-bond donors (Lipinski definition) is 1. The molecule has 0 spiro atoms. The van der Waals surface area contributed by atoms with Crippen LogP contribution in [0.15, 0.2) is 30.5 Å². The summed E-state index contributed by atoms with van der Waals surface area (Å²) in [5.41, 5.74) is 0.594. The molecule has 2 aliphatic heterocycles. The fourth-order valence-corrected chi connectivity index (χ4v) is 3.21. The third-order valence-electron chi connectivity index (χ3n) is 4.11. The standard InChI is InChI=1S/C15H13ClFN5O/c16-13-10(17)7-11-14(20-13)22(9-4-6-21(11)8-9)15(23)19-12-3-1-2-5-18-12/h1-3,5,7,9H,4,6,8H2,(H,18,19,23). The summed E-state index contributed by atoms with van der Waals surface area (Å²) in [7, 11) is 0. The van der Waals surface area contributed by atoms with Crippen molar-refractivity contribution in [2.45, 2.75) is 12.5 Å². The summed E-state index contributed by atoms with van der Waals surface area (Å²) >= 11 is 5.82. The van der Waals surface area contributed by atoms with Gasteiger partial charge in [0.2, 0.25) is 0 Å². The maximum Gasteiger partial charge on any atom is 0.329 e. The van der Waals surface area contributed by atoms with E-state index >= 15 is 0 Å². The van der Waals surface area contributed by atoms with Gasteiger partial charge in [0, 0.05) is 25.4 Å². The highest BCUT2D eigenvalue weighted by atomic mass is 35.5. The Hall–Kier alpha value is -2.41. The quantitative estimate of drug-likeness (QED) is 0.815. The number of hydrogen-bond acceptors (Lipinski definition) is 4. The Morgan fingerprint density at radius 3 is 3.09 bits per heavy atom. The number of urea groups is 1. The van der Waals surface area contributed by atoms with Gasteiger partial charge in [-0.05, 0) is 18.6 Å². The SMILES string of the molecule is O=C(Nc1ccccn1)N1c2nc(Cl)c(F)cc2N2CCC1C2. The van der Waals surface area contributed by atoms with Gasteiger partial charge in [0.05, 0.1) is 11.7 Å². The molecule has 118 valence electrons. The summed E-state index contributed by atoms with van der Waals surface area (Å²) in [6.45, 7) is 1.42. The van der Waals surface area contributed by atoms with Crippen LogP contribution in [0.5, 0.6) is 0 Å². The molecule has 4 rings (SSSR count). The molecule has 2 aromatic rings. The van der Waals surface area contributed by atoms with E-state index in [0.717, 1.165) is 13.0 Å². The van der Waals surface area contributed by atoms with Crippen LogP contribution in [0.3, 0.4) is 0 Å². The summed E-state index contributed by atoms with van der Waals surface area (Å²) in [5, 5.41) is 2.52. The van der Waals surface area contributed by atoms with Crippen molar-refractivity contribution in [2.75, 3.05) is 28.2 Å². The lowest BCUT2D eigenvalue weighted by Crippen LogP contribution is -2.48. The molecule has 0 saturated carbocycles. The summed E-state index contributed by atoms with van der Waals surface area (Å²) in [4.78, 5) is 24.5. The lowest BCUT2D eigenvalue weighted by molar-refractivity contribution is 0.254. The summed E-state index contributed by atoms with van der Waals surface area (Å²) in [5.74, 6) is 0.257. The molecule has 1 N–H and O–H groups in total. The number of nitrogens with zero attached hydrogens (tertiary/aromatic N) is 4. The Bertz CT molecular complexity index is 772. The third-order valence-corrected chi connectivity index (χ3v) is 4.37. The number of carbonyl (C=O) groups excluding carboxylic acids is 1. The number of aromatic nitrogens is 2. The van der Waals surface area contributed by atoms with Crippen LogP contribution >= 0.6 is 11.6 Å². The van der Waals surface area contributed by atoms with Gasteiger partial charge < -0.3 is 4.90 Å². The molecule has 1 unspecified atom stereocenters. The Morgan fingerprint density at radius 2 is 2.30 bits per heavy atom. The van der Waals surface area contributed by atoms with Crippen molar-refractivity contribution < 1.29 is 9.18 Å². The van der Waals surface area contributed by atoms with Crippen LogP contribution in [0.2, 0.25) is 5.15 Å². The zero-order valence-corrected chi connectivity index (χ0v) is 12.8. The van der Waals surface area contributed by atoms with Crippen LogP contribution in [-0.4, -0.2) is 35.1 Å². The van der Waals surface area contributed by atoms with E-state index in [-0.39, 0.29) is 17.2 Å². The zero-order chi connectivity index (χ0) is 16.0. The Balaban J connectivity index is 1.72. The second kappa shape index (κ2) is 5.34. The maximum absolute atomic E-state index is 13.8. The molecule has 1 atom stereocenters. The molecular formula is C15H13ClFN5O. The zero-order valence-electron chi connectivity index (χ0n) is 12.0. The van der Waals surface area contributed by atoms with Crippen molar-refractivity contribution >= 4 is 35.0 Å². The van der Waals surface area contributed by atoms with Gasteiger partial charge in [0.25, 0.3) is 0 Å². The largest absolute Gasteiger partial charge is 0.366 e. The van der Waals surface area contributed by atoms with Gasteiger partial charge in [0.1, 0.15) is 5.82 Å². The van der Waals surface area contributed by atoms with Crippen molar-refractivity contribution in [1.82, 2.24) is 9.97 Å². The highest BCUT2D eigenvalue weighted by Crippen LogP contribution is 2.40. The lowest BCUT2D eigenvalue weighted by atomic mass is 10.2. The minimum Gasteiger partial charge on any atom is -0.366 e. The third kappa shape index (κ3) is 2.37. The number of rotatable bonds is 1. The topological polar surface area (TPSA) is 61.4 Å². The summed E-state index contributed by atoms with van der Waals surface area (Å²) in [6.07, 6.45) is 2.40. The second-order valence-electron chi connectivity index (χ2n) is 5.51. The molecule has 1 fully saturated rings. The molecule has 23 heavy (non-hydrogen) atoms. The van der Waals surface area contributed by atoms with Gasteiger partial charge in [-0.3, -0.25) is 10.2 Å². The van der Waals surface area contributed by atoms with Crippen molar-refractivity contribution in [2.24, 2.45) is 0 Å². The average Bonchev–Trinajstić information content (AvgIpc) is 2.96. The van der Waals surface area contributed by atoms with Gasteiger partial charge in [-0.1, -0.05) is 17.7 Å². The summed E-state index contributed by atoms with van der Waals surface area (Å²) < 4.78 is 13.8. The molecule has 0 aliphatic carbocycles. The van der Waals surface area contributed by atoms with Gasteiger partial charge in [-0.2, -0.15) is 0 Å². The molecule has 4 heterocycles. The van der Waals surface area contributed by atoms with Crippen LogP contribution < -0.4 is 15.1 Å². The van der Waals surface area contributed by atoms with Crippen LogP contribution in [0.1, 0.15) is 6.42 Å². The Morgan fingerprint density at radius 1 is 1.43 bits per heavy atom. The normalized spacial score (nSPS) is 18.8. The number of carbonyl (C=O) groups is 1. The number of halogens is 2. The minimum atomic E-state index is -0.583. The van der Waals surface area contributed by atoms with Gasteiger partial charge in [0.15, 0.2) is 16.8 Å². The van der Waals surface area contributed by atoms with E-state index in [0.29, 0.717) is 23.9 Å². The number of pyridine rings is 2. The van der Waals surface area contributed by atoms with Gasteiger partial charge in [-0.25, -0.2) is 19.2 Å². The maximum atomic E-state index is 13.8. The molecule has 2 aromatic heterocycles. The Labute approximate surface area is 136 Å². The smallest absolute Gasteiger partial charge is 0.329 e. The molecule has 2 amide bonds. The van der Waals surface area contributed by atoms with Crippen LogP contribution in [0.25, 0.3) is 0 Å². The van der Waals surface area contributed by atoms with Crippen molar-refractivity contribution in [1.29, 1.82) is 0 Å². The van der Waals surface area contributed by atoms with Gasteiger partial charge >= 0.3 is 6.03 Å². The summed E-state index contributed by atoms with van der Waals surface area (Å²) in [6, 6.07) is 6.24. The molecule has 0 aromatic carbocycles. The van der Waals surface area contributed by atoms with E-state index < -0.39 is 5.82 Å². The monoisotopic (exact) mass is 333 g/mol. The van der Waals surface area contributed by atoms with E-state index in [9.17, 15) is 9.18 Å². The first-order valence-electron chi connectivity index (χ1n) is 7.26. The van der Waals surface area contributed by atoms with Crippen LogP contribution in [-0.2, 0) is 0 Å². The fraction of sp³-hybridized carbons (Fsp3) is 0.267. The first-order chi connectivity index (χ1) is 11.1. The van der Waals surface area contributed by atoms with E-state index in [2.05, 4.69) is 15.3 Å². The first-order valence-corrected chi connectivity index (χ1v) is 7.63. The number of nitrogens with one attached hydrogen (secondary N) is 1. The van der Waals surface area contributed by atoms with E-state index in [4.69, 9.17) is 11.6 Å². The number of amides is 2. The average molecular weight is 334 g/mol. The molecular weight excluding hydrogens is 321 g/mol. The predicted molar refractivity (Wildman–Crippen MR) is 85.6 cm³/mol. The highest BCUT2D eigenvalue weighted by Gasteiger charge is 2.40. The number of fused-ring (bicyclic) bond motifs is 4. The molecule has 8 heteroatoms. The van der Waals surface area contributed by atoms with Crippen molar-refractivity contribution in [3.05, 3.63) is 41.4 Å². The van der Waals surface area contributed by atoms with Crippen LogP contribution in [0, 0.1) is 5.82 Å². The molecule has 2 aliphatic rings. The van der Waals surface area contributed by atoms with Crippen molar-refractivity contribution in [3.8, 4) is 0 Å². The van der Waals surface area contributed by atoms with E-state index in [1.165, 1.54) is 6.07 Å². The predicted octanol–water partition coefficient (Wildman–Crippen LogP) is 2.90. The second-order valence-corrected chi connectivity index (χ2v) is 5.87. The van der Waals surface area contributed by atoms with Crippen molar-refractivity contribution in [3.63, 3.8) is 0 Å². The minimum absolute atomic E-state index is 0.0137. The fourth-order valence-electron chi connectivity index (χ4n) is 3.07. The first kappa shape index (κ1) is 14.2. The lowest BCUT2D eigenvalue weighted by Gasteiger charge is -2.35. The molecule has 2 bridgehead atoms. The van der Waals surface area contributed by atoms with E-state index in [1.807, 2.05) is 4.90 Å². The Kier molecular flexibility index (Phi) is 3.30. The highest BCUT2D eigenvalue weighted by molar-refractivity contribution is 6.29. The van der Waals surface area contributed by atoms with E-state index in [1.54, 1.807) is 29.3 Å². The number of anilines is 3. The molecule has 0 radical (unpaired) electrons. The molecule has 1 saturated heterocycles. The van der Waals surface area contributed by atoms with Gasteiger partial charge in [-0.15, -0.1) is 0 Å². The molecule has 6 nitrogen and oxygen atoms in total.